The average molecular weight is 527 g/mol. The summed E-state index contributed by atoms with van der Waals surface area (Å²) in [5.41, 5.74) is 1.22. The Morgan fingerprint density at radius 1 is 1.22 bits per heavy atom. The Balaban J connectivity index is 1.28. The lowest BCUT2D eigenvalue weighted by Gasteiger charge is -2.31. The molecular formula is C24H26N5O7P. The first-order valence-electron chi connectivity index (χ1n) is 12.0. The molecule has 3 aliphatic rings. The van der Waals surface area contributed by atoms with Crippen LogP contribution >= 0.6 is 7.82 Å². The van der Waals surface area contributed by atoms with Gasteiger partial charge in [-0.3, -0.25) is 18.6 Å². The molecule has 0 aliphatic carbocycles. The van der Waals surface area contributed by atoms with Gasteiger partial charge in [0.05, 0.1) is 36.2 Å². The molecule has 0 N–H and O–H groups in total. The molecule has 6 atom stereocenters. The van der Waals surface area contributed by atoms with Crippen LogP contribution in [0.4, 0.5) is 0 Å². The summed E-state index contributed by atoms with van der Waals surface area (Å²) in [6, 6.07) is 9.49. The van der Waals surface area contributed by atoms with E-state index in [4.69, 9.17) is 27.8 Å². The fraction of sp³-hybridized carbons (Fsp3) is 0.500. The normalized spacial score (nSPS) is 34.9. The van der Waals surface area contributed by atoms with Crippen LogP contribution in [-0.2, 0) is 37.9 Å². The minimum Gasteiger partial charge on any atom is -0.344 e. The van der Waals surface area contributed by atoms with Crippen LogP contribution in [0.25, 0.3) is 5.52 Å². The Kier molecular flexibility index (Phi) is 5.93. The summed E-state index contributed by atoms with van der Waals surface area (Å²) in [5.74, 6) is -0.980. The third-order valence-corrected chi connectivity index (χ3v) is 8.26. The van der Waals surface area contributed by atoms with Gasteiger partial charge >= 0.3 is 7.82 Å². The number of phosphoric acid groups is 1. The number of nitrogens with zero attached hydrogens (tertiary/aromatic N) is 5. The Morgan fingerprint density at radius 3 is 2.81 bits per heavy atom. The molecular weight excluding hydrogens is 501 g/mol. The van der Waals surface area contributed by atoms with Gasteiger partial charge < -0.3 is 14.2 Å². The predicted octanol–water partition coefficient (Wildman–Crippen LogP) is 3.37. The summed E-state index contributed by atoms with van der Waals surface area (Å²) in [6.07, 6.45) is 2.48. The van der Waals surface area contributed by atoms with Crippen molar-refractivity contribution >= 4 is 13.3 Å². The minimum atomic E-state index is -3.92. The number of phosphoric ester groups is 1. The highest BCUT2D eigenvalue weighted by atomic mass is 31.2. The van der Waals surface area contributed by atoms with Crippen molar-refractivity contribution in [1.82, 2.24) is 19.6 Å². The summed E-state index contributed by atoms with van der Waals surface area (Å²) in [7, 11) is -3.92. The molecule has 3 fully saturated rings. The van der Waals surface area contributed by atoms with Gasteiger partial charge in [-0.2, -0.15) is 10.4 Å². The van der Waals surface area contributed by atoms with Crippen molar-refractivity contribution in [1.29, 1.82) is 5.26 Å². The first kappa shape index (κ1) is 24.6. The predicted molar refractivity (Wildman–Crippen MR) is 126 cm³/mol. The van der Waals surface area contributed by atoms with E-state index < -0.39 is 43.6 Å². The second-order valence-corrected chi connectivity index (χ2v) is 11.2. The van der Waals surface area contributed by atoms with Gasteiger partial charge in [-0.1, -0.05) is 0 Å². The van der Waals surface area contributed by atoms with Crippen LogP contribution in [0.15, 0.2) is 43.0 Å². The van der Waals surface area contributed by atoms with Gasteiger partial charge in [0.25, 0.3) is 0 Å². The Hall–Kier alpha value is -2.75. The number of aryl methyl sites for hydroxylation is 1. The smallest absolute Gasteiger partial charge is 0.344 e. The summed E-state index contributed by atoms with van der Waals surface area (Å²) < 4.78 is 50.6. The second kappa shape index (κ2) is 8.92. The van der Waals surface area contributed by atoms with E-state index in [1.807, 2.05) is 13.0 Å². The second-order valence-electron chi connectivity index (χ2n) is 9.63. The van der Waals surface area contributed by atoms with Crippen molar-refractivity contribution in [2.24, 2.45) is 0 Å². The maximum absolute atomic E-state index is 13.4. The van der Waals surface area contributed by atoms with Crippen molar-refractivity contribution in [2.45, 2.75) is 63.0 Å². The fourth-order valence-electron chi connectivity index (χ4n) is 5.12. The number of aromatic nitrogens is 4. The number of fused-ring (bicyclic) bond motifs is 2. The topological polar surface area (TPSA) is 139 Å². The van der Waals surface area contributed by atoms with Crippen LogP contribution in [0.2, 0.25) is 0 Å². The third kappa shape index (κ3) is 4.17. The summed E-state index contributed by atoms with van der Waals surface area (Å²) in [5, 5.41) is 14.8. The Bertz CT molecular complexity index is 1410. The largest absolute Gasteiger partial charge is 0.475 e. The van der Waals surface area contributed by atoms with Gasteiger partial charge in [0.1, 0.15) is 30.7 Å². The number of pyridine rings is 1. The number of ether oxygens (including phenoxy) is 3. The van der Waals surface area contributed by atoms with Crippen LogP contribution in [0.5, 0.6) is 0 Å². The molecule has 0 aromatic carbocycles. The molecule has 6 heterocycles. The van der Waals surface area contributed by atoms with Gasteiger partial charge in [0.15, 0.2) is 5.79 Å². The van der Waals surface area contributed by atoms with Crippen molar-refractivity contribution in [2.75, 3.05) is 13.2 Å². The maximum atomic E-state index is 13.4. The molecule has 0 spiro atoms. The molecule has 0 saturated carbocycles. The Morgan fingerprint density at radius 2 is 2.03 bits per heavy atom. The van der Waals surface area contributed by atoms with E-state index in [0.29, 0.717) is 12.1 Å². The van der Waals surface area contributed by atoms with Gasteiger partial charge in [-0.05, 0) is 50.6 Å². The molecule has 0 bridgehead atoms. The molecule has 12 nitrogen and oxygen atoms in total. The summed E-state index contributed by atoms with van der Waals surface area (Å²) in [6.45, 7) is 5.38. The molecule has 0 amide bonds. The van der Waals surface area contributed by atoms with E-state index in [1.54, 1.807) is 49.0 Å². The molecule has 37 heavy (non-hydrogen) atoms. The zero-order valence-electron chi connectivity index (χ0n) is 20.5. The van der Waals surface area contributed by atoms with Crippen LogP contribution < -0.4 is 0 Å². The highest BCUT2D eigenvalue weighted by Crippen LogP contribution is 2.58. The SMILES string of the molecule is Cc1ncnn2c([C@]3(C#N)O[C@H](CO[P@@]4(=O)OCC[C@@H](c5ccncc5)O4)[C@H]4OC(C)(C)O[C@H]43)ccc12. The lowest BCUT2D eigenvalue weighted by molar-refractivity contribution is -0.204. The van der Waals surface area contributed by atoms with Crippen LogP contribution in [-0.4, -0.2) is 56.9 Å². The van der Waals surface area contributed by atoms with Crippen LogP contribution in [0, 0.1) is 18.3 Å². The highest BCUT2D eigenvalue weighted by molar-refractivity contribution is 7.48. The van der Waals surface area contributed by atoms with Gasteiger partial charge in [-0.15, -0.1) is 0 Å². The molecule has 6 rings (SSSR count). The quantitative estimate of drug-likeness (QED) is 0.451. The van der Waals surface area contributed by atoms with E-state index in [2.05, 4.69) is 21.1 Å². The van der Waals surface area contributed by atoms with E-state index in [1.165, 1.54) is 6.33 Å². The number of rotatable bonds is 5. The van der Waals surface area contributed by atoms with Gasteiger partial charge in [0, 0.05) is 18.8 Å². The minimum absolute atomic E-state index is 0.200. The molecule has 194 valence electrons. The van der Waals surface area contributed by atoms with E-state index in [0.717, 1.165) is 16.8 Å². The first-order valence-corrected chi connectivity index (χ1v) is 13.4. The van der Waals surface area contributed by atoms with Crippen LogP contribution in [0.3, 0.4) is 0 Å². The monoisotopic (exact) mass is 527 g/mol. The highest BCUT2D eigenvalue weighted by Gasteiger charge is 2.65. The first-order chi connectivity index (χ1) is 17.7. The average Bonchev–Trinajstić information content (AvgIpc) is 3.54. The molecule has 3 aromatic rings. The molecule has 3 saturated heterocycles. The zero-order chi connectivity index (χ0) is 25.8. The standard InChI is InChI=1S/C24H26N5O7P/c1-15-17-4-5-20(29(17)28-14-27-15)24(13-25)22-21(34-23(2,3)35-22)19(33-24)12-32-37(30)31-11-8-18(36-37)16-6-9-26-10-7-16/h4-7,9-10,14,18-19,21-22H,8,11-12H2,1-3H3/t18-,19+,21+,22+,24-,37+/m0/s1. The summed E-state index contributed by atoms with van der Waals surface area (Å²) >= 11 is 0. The number of hydrogen-bond acceptors (Lipinski definition) is 11. The fourth-order valence-corrected chi connectivity index (χ4v) is 6.51. The van der Waals surface area contributed by atoms with Crippen molar-refractivity contribution in [3.8, 4) is 6.07 Å². The molecule has 3 aliphatic heterocycles. The van der Waals surface area contributed by atoms with Crippen molar-refractivity contribution in [3.63, 3.8) is 0 Å². The van der Waals surface area contributed by atoms with E-state index in [-0.39, 0.29) is 13.2 Å². The number of nitriles is 1. The maximum Gasteiger partial charge on any atom is 0.475 e. The Labute approximate surface area is 213 Å². The summed E-state index contributed by atoms with van der Waals surface area (Å²) in [4.78, 5) is 8.23. The molecule has 13 heteroatoms. The lowest BCUT2D eigenvalue weighted by atomic mass is 9.92. The molecule has 0 radical (unpaired) electrons. The third-order valence-electron chi connectivity index (χ3n) is 6.79. The molecule has 0 unspecified atom stereocenters. The van der Waals surface area contributed by atoms with Crippen molar-refractivity contribution in [3.05, 3.63) is 59.9 Å². The zero-order valence-corrected chi connectivity index (χ0v) is 21.4. The lowest BCUT2D eigenvalue weighted by Crippen LogP contribution is -2.40. The molecule has 3 aromatic heterocycles. The van der Waals surface area contributed by atoms with Gasteiger partial charge in [-0.25, -0.2) is 14.1 Å². The number of hydrogen-bond donors (Lipinski definition) is 0. The van der Waals surface area contributed by atoms with E-state index in [9.17, 15) is 9.83 Å². The van der Waals surface area contributed by atoms with Crippen LogP contribution in [0.1, 0.15) is 43.3 Å². The van der Waals surface area contributed by atoms with E-state index >= 15 is 0 Å². The van der Waals surface area contributed by atoms with Gasteiger partial charge in [0.2, 0.25) is 5.60 Å². The van der Waals surface area contributed by atoms with Crippen molar-refractivity contribution < 1.29 is 32.3 Å².